The number of hydrogen-bond donors (Lipinski definition) is 5. The van der Waals surface area contributed by atoms with Gasteiger partial charge in [-0.1, -0.05) is 12.8 Å². The Kier molecular flexibility index (Phi) is 8.64. The van der Waals surface area contributed by atoms with Gasteiger partial charge in [0.25, 0.3) is 5.97 Å². The van der Waals surface area contributed by atoms with Gasteiger partial charge in [-0.15, -0.1) is 0 Å². The quantitative estimate of drug-likeness (QED) is 0.181. The number of hydrogen-bond acceptors (Lipinski definition) is 3. The van der Waals surface area contributed by atoms with Crippen molar-refractivity contribution in [1.29, 1.82) is 5.41 Å². The minimum Gasteiger partial charge on any atom is -0.481 e. The second-order valence-corrected chi connectivity index (χ2v) is 1.27. The summed E-state index contributed by atoms with van der Waals surface area (Å²) in [5, 5.41) is 13.8. The Morgan fingerprint density at radius 1 is 1.89 bits per heavy atom. The van der Waals surface area contributed by atoms with Gasteiger partial charge in [0.1, 0.15) is 0 Å². The largest absolute Gasteiger partial charge is 0.481 e. The monoisotopic (exact) mass is 151 g/mol. The maximum Gasteiger partial charge on any atom is 0.300 e. The molecule has 0 aliphatic rings. The normalized spacial score (nSPS) is 6.44. The van der Waals surface area contributed by atoms with Gasteiger partial charge >= 0.3 is 0 Å². The molecule has 5 N–H and O–H groups in total. The molecular weight excluding hydrogens is 142 g/mol. The number of guanidine groups is 1. The lowest BCUT2D eigenvalue weighted by molar-refractivity contribution is -0.134. The third-order valence-corrected chi connectivity index (χ3v) is 0.361. The van der Waals surface area contributed by atoms with Crippen molar-refractivity contribution in [3.8, 4) is 0 Å². The number of carbonyl (C=O) groups is 1. The molecule has 0 saturated heterocycles. The van der Waals surface area contributed by atoms with Crippen molar-refractivity contribution >= 4 is 24.7 Å². The van der Waals surface area contributed by atoms with Crippen molar-refractivity contribution in [3.63, 3.8) is 0 Å². The standard InChI is InChI=1S/C2H4O2.CH5N3S/c1-2(3)4;2-1(3)4-5/h1H3,(H,3,4);5H,(H4,2,3,4). The third-order valence-electron chi connectivity index (χ3n) is 0.120. The van der Waals surface area contributed by atoms with Gasteiger partial charge in [-0.3, -0.25) is 10.2 Å². The van der Waals surface area contributed by atoms with E-state index < -0.39 is 5.97 Å². The number of nitrogens with two attached hydrogens (primary N) is 1. The molecule has 0 saturated carbocycles. The van der Waals surface area contributed by atoms with Gasteiger partial charge in [-0.2, -0.15) is 0 Å². The molecule has 0 bridgehead atoms. The predicted octanol–water partition coefficient (Wildman–Crippen LogP) is -0.595. The lowest BCUT2D eigenvalue weighted by Gasteiger charge is -1.84. The van der Waals surface area contributed by atoms with Gasteiger partial charge in [0.05, 0.1) is 0 Å². The number of rotatable bonds is 0. The van der Waals surface area contributed by atoms with Crippen LogP contribution in [0.3, 0.4) is 0 Å². The molecule has 0 aromatic rings. The molecule has 0 spiro atoms. The van der Waals surface area contributed by atoms with Crippen LogP contribution < -0.4 is 10.5 Å². The minimum atomic E-state index is -0.833. The van der Waals surface area contributed by atoms with Crippen molar-refractivity contribution in [2.75, 3.05) is 0 Å². The topological polar surface area (TPSA) is 99.2 Å². The second-order valence-electron chi connectivity index (χ2n) is 1.04. The number of carboxylic acids is 1. The molecule has 0 aliphatic carbocycles. The van der Waals surface area contributed by atoms with Crippen LogP contribution in [-0.4, -0.2) is 17.0 Å². The summed E-state index contributed by atoms with van der Waals surface area (Å²) in [5.74, 6) is -0.965. The lowest BCUT2D eigenvalue weighted by atomic mass is 10.9. The summed E-state index contributed by atoms with van der Waals surface area (Å²) < 4.78 is 2.08. The molecule has 6 heteroatoms. The Hall–Kier alpha value is -0.910. The number of thiol groups is 1. The van der Waals surface area contributed by atoms with Gasteiger partial charge < -0.3 is 15.6 Å². The zero-order valence-electron chi connectivity index (χ0n) is 4.88. The van der Waals surface area contributed by atoms with Crippen LogP contribution in [0.2, 0.25) is 0 Å². The summed E-state index contributed by atoms with van der Waals surface area (Å²) in [6, 6.07) is 0. The van der Waals surface area contributed by atoms with Gasteiger partial charge in [0.15, 0.2) is 5.96 Å². The van der Waals surface area contributed by atoms with Crippen LogP contribution in [0.1, 0.15) is 6.92 Å². The number of aliphatic carboxylic acids is 1. The fourth-order valence-corrected chi connectivity index (χ4v) is 0. The summed E-state index contributed by atoms with van der Waals surface area (Å²) in [4.78, 5) is 9.00. The molecule has 0 aliphatic heterocycles. The molecule has 0 unspecified atom stereocenters. The summed E-state index contributed by atoms with van der Waals surface area (Å²) >= 11 is 3.42. The van der Waals surface area contributed by atoms with E-state index in [4.69, 9.17) is 15.3 Å². The first kappa shape index (κ1) is 11.0. The minimum absolute atomic E-state index is 0.131. The van der Waals surface area contributed by atoms with E-state index in [1.54, 1.807) is 0 Å². The lowest BCUT2D eigenvalue weighted by Crippen LogP contribution is -2.21. The third kappa shape index (κ3) is 155. The van der Waals surface area contributed by atoms with Gasteiger partial charge in [-0.25, -0.2) is 0 Å². The van der Waals surface area contributed by atoms with Crippen LogP contribution in [0.5, 0.6) is 0 Å². The highest BCUT2D eigenvalue weighted by Crippen LogP contribution is 1.49. The highest BCUT2D eigenvalue weighted by atomic mass is 32.1. The van der Waals surface area contributed by atoms with Crippen LogP contribution >= 0.6 is 12.8 Å². The van der Waals surface area contributed by atoms with Crippen LogP contribution in [0.25, 0.3) is 0 Å². The molecule has 9 heavy (non-hydrogen) atoms. The zero-order chi connectivity index (χ0) is 7.86. The van der Waals surface area contributed by atoms with E-state index in [2.05, 4.69) is 23.3 Å². The molecule has 0 rings (SSSR count). The van der Waals surface area contributed by atoms with E-state index in [9.17, 15) is 0 Å². The highest BCUT2D eigenvalue weighted by Gasteiger charge is 1.67. The SMILES string of the molecule is CC(=O)O.N=C(N)NS. The molecule has 0 radical (unpaired) electrons. The van der Waals surface area contributed by atoms with Crippen molar-refractivity contribution in [1.82, 2.24) is 4.72 Å². The fraction of sp³-hybridized carbons (Fsp3) is 0.333. The first-order chi connectivity index (χ1) is 4.00. The summed E-state index contributed by atoms with van der Waals surface area (Å²) in [6.07, 6.45) is 0. The molecule has 0 fully saturated rings. The summed E-state index contributed by atoms with van der Waals surface area (Å²) in [7, 11) is 0. The number of nitrogens with one attached hydrogen (secondary N) is 2. The Morgan fingerprint density at radius 2 is 2.00 bits per heavy atom. The predicted molar refractivity (Wildman–Crippen MR) is 37.3 cm³/mol. The average molecular weight is 151 g/mol. The Morgan fingerprint density at radius 3 is 2.00 bits per heavy atom. The molecule has 0 atom stereocenters. The Labute approximate surface area is 58.3 Å². The van der Waals surface area contributed by atoms with E-state index in [1.165, 1.54) is 0 Å². The van der Waals surface area contributed by atoms with Crippen molar-refractivity contribution in [3.05, 3.63) is 0 Å². The first-order valence-electron chi connectivity index (χ1n) is 1.94. The first-order valence-corrected chi connectivity index (χ1v) is 2.39. The molecule has 0 heterocycles. The maximum atomic E-state index is 9.00. The van der Waals surface area contributed by atoms with Gasteiger partial charge in [0.2, 0.25) is 0 Å². The summed E-state index contributed by atoms with van der Waals surface area (Å²) in [6.45, 7) is 1.08. The molecule has 0 aromatic carbocycles. The van der Waals surface area contributed by atoms with Crippen LogP contribution in [0.4, 0.5) is 0 Å². The van der Waals surface area contributed by atoms with E-state index in [-0.39, 0.29) is 5.96 Å². The van der Waals surface area contributed by atoms with E-state index in [0.717, 1.165) is 6.92 Å². The van der Waals surface area contributed by atoms with Crippen molar-refractivity contribution < 1.29 is 9.90 Å². The molecule has 0 aromatic heterocycles. The van der Waals surface area contributed by atoms with Crippen molar-refractivity contribution in [2.45, 2.75) is 6.92 Å². The van der Waals surface area contributed by atoms with Gasteiger partial charge in [0, 0.05) is 6.92 Å². The van der Waals surface area contributed by atoms with E-state index in [0.29, 0.717) is 0 Å². The highest BCUT2D eigenvalue weighted by molar-refractivity contribution is 7.78. The van der Waals surface area contributed by atoms with Crippen LogP contribution in [0.15, 0.2) is 0 Å². The molecule has 5 nitrogen and oxygen atoms in total. The Bertz CT molecular complexity index is 101. The molecule has 54 valence electrons. The Balaban J connectivity index is 0. The number of carboxylic acid groups (broad SMARTS) is 1. The summed E-state index contributed by atoms with van der Waals surface area (Å²) in [5.41, 5.74) is 4.69. The van der Waals surface area contributed by atoms with E-state index in [1.807, 2.05) is 0 Å². The second kappa shape index (κ2) is 7.09. The van der Waals surface area contributed by atoms with Crippen LogP contribution in [-0.2, 0) is 4.79 Å². The smallest absolute Gasteiger partial charge is 0.300 e. The van der Waals surface area contributed by atoms with Crippen molar-refractivity contribution in [2.24, 2.45) is 5.73 Å². The zero-order valence-corrected chi connectivity index (χ0v) is 5.77. The molecule has 0 amide bonds. The maximum absolute atomic E-state index is 9.00. The molecular formula is C3H9N3O2S. The fourth-order valence-electron chi connectivity index (χ4n) is 0. The average Bonchev–Trinajstić information content (AvgIpc) is 1.65. The van der Waals surface area contributed by atoms with Crippen LogP contribution in [0, 0.1) is 5.41 Å². The van der Waals surface area contributed by atoms with E-state index >= 15 is 0 Å². The van der Waals surface area contributed by atoms with Gasteiger partial charge in [-0.05, 0) is 0 Å².